The zero-order valence-corrected chi connectivity index (χ0v) is 5.90. The maximum atomic E-state index is 12.3. The van der Waals surface area contributed by atoms with E-state index in [1.807, 2.05) is 0 Å². The molecule has 0 spiro atoms. The summed E-state index contributed by atoms with van der Waals surface area (Å²) in [5.74, 6) is 0. The predicted molar refractivity (Wildman–Crippen MR) is 36.7 cm³/mol. The van der Waals surface area contributed by atoms with Crippen LogP contribution in [-0.2, 0) is 10.1 Å². The van der Waals surface area contributed by atoms with E-state index in [0.717, 1.165) is 0 Å². The van der Waals surface area contributed by atoms with Gasteiger partial charge in [0, 0.05) is 0 Å². The fourth-order valence-electron chi connectivity index (χ4n) is 0.596. The summed E-state index contributed by atoms with van der Waals surface area (Å²) in [6.45, 7) is 0. The second-order valence-electron chi connectivity index (χ2n) is 1.80. The van der Waals surface area contributed by atoms with Gasteiger partial charge in [0.15, 0.2) is 0 Å². The summed E-state index contributed by atoms with van der Waals surface area (Å²) in [6, 6.07) is 7.42. The molecule has 0 aliphatic heterocycles. The first kappa shape index (κ1) is 7.21. The van der Waals surface area contributed by atoms with Gasteiger partial charge in [-0.15, -0.1) is 3.89 Å². The minimum Gasteiger partial charge on any atom is -0.222 e. The van der Waals surface area contributed by atoms with E-state index in [2.05, 4.69) is 0 Å². The lowest BCUT2D eigenvalue weighted by Gasteiger charge is -1.93. The summed E-state index contributed by atoms with van der Waals surface area (Å²) < 4.78 is 29.2. The van der Waals surface area contributed by atoms with Gasteiger partial charge in [-0.1, -0.05) is 18.2 Å². The summed E-state index contributed by atoms with van der Waals surface area (Å²) in [6.07, 6.45) is 0. The third kappa shape index (κ3) is 1.54. The highest BCUT2D eigenvalue weighted by Gasteiger charge is 2.03. The fourth-order valence-corrected chi connectivity index (χ4v) is 1.10. The summed E-state index contributed by atoms with van der Waals surface area (Å²) in [4.78, 5) is -0.0741. The van der Waals surface area contributed by atoms with Gasteiger partial charge in [0.25, 0.3) is 0 Å². The SMILES string of the molecule is N=[S@](=O)(F)c1ccccc1. The Kier molecular flexibility index (Phi) is 1.72. The van der Waals surface area contributed by atoms with Crippen LogP contribution in [0.2, 0.25) is 0 Å². The molecular formula is C6H6FNOS. The van der Waals surface area contributed by atoms with Crippen molar-refractivity contribution in [3.8, 4) is 0 Å². The van der Waals surface area contributed by atoms with Crippen molar-refractivity contribution in [2.24, 2.45) is 0 Å². The van der Waals surface area contributed by atoms with Crippen LogP contribution < -0.4 is 0 Å². The van der Waals surface area contributed by atoms with Crippen LogP contribution in [0.4, 0.5) is 3.89 Å². The van der Waals surface area contributed by atoms with Gasteiger partial charge >= 0.3 is 0 Å². The monoisotopic (exact) mass is 159 g/mol. The smallest absolute Gasteiger partial charge is 0.222 e. The van der Waals surface area contributed by atoms with Crippen LogP contribution in [0, 0.1) is 4.78 Å². The molecule has 4 heteroatoms. The van der Waals surface area contributed by atoms with Crippen molar-refractivity contribution in [2.45, 2.75) is 4.90 Å². The number of hydrogen-bond acceptors (Lipinski definition) is 2. The number of hydrogen-bond donors (Lipinski definition) is 1. The van der Waals surface area contributed by atoms with E-state index in [4.69, 9.17) is 4.78 Å². The molecule has 1 rings (SSSR count). The highest BCUT2D eigenvalue weighted by molar-refractivity contribution is 7.87. The van der Waals surface area contributed by atoms with Gasteiger partial charge in [0.2, 0.25) is 10.1 Å². The van der Waals surface area contributed by atoms with Crippen LogP contribution in [0.25, 0.3) is 0 Å². The number of nitrogens with one attached hydrogen (secondary N) is 1. The van der Waals surface area contributed by atoms with E-state index < -0.39 is 10.1 Å². The van der Waals surface area contributed by atoms with Crippen LogP contribution in [0.3, 0.4) is 0 Å². The van der Waals surface area contributed by atoms with Gasteiger partial charge in [-0.25, -0.2) is 8.99 Å². The standard InChI is InChI=1S/C6H6FNOS/c7-10(8,9)6-4-2-1-3-5-6/h1-5,8H/t10-/m1/s1. The third-order valence-corrected chi connectivity index (χ3v) is 1.92. The van der Waals surface area contributed by atoms with Gasteiger partial charge < -0.3 is 0 Å². The zero-order valence-electron chi connectivity index (χ0n) is 5.08. The Hall–Kier alpha value is -0.900. The van der Waals surface area contributed by atoms with Crippen molar-refractivity contribution in [2.75, 3.05) is 0 Å². The summed E-state index contributed by atoms with van der Waals surface area (Å²) in [5.41, 5.74) is 0. The molecule has 0 fully saturated rings. The quantitative estimate of drug-likeness (QED) is 0.625. The molecule has 0 aromatic heterocycles. The highest BCUT2D eigenvalue weighted by atomic mass is 32.3. The molecule has 1 atom stereocenters. The summed E-state index contributed by atoms with van der Waals surface area (Å²) in [7, 11) is -4.00. The minimum atomic E-state index is -4.00. The molecule has 0 radical (unpaired) electrons. The fraction of sp³-hybridized carbons (Fsp3) is 0. The van der Waals surface area contributed by atoms with E-state index in [1.165, 1.54) is 12.1 Å². The Morgan fingerprint density at radius 2 is 1.80 bits per heavy atom. The van der Waals surface area contributed by atoms with E-state index in [9.17, 15) is 8.09 Å². The van der Waals surface area contributed by atoms with Crippen LogP contribution >= 0.6 is 0 Å². The van der Waals surface area contributed by atoms with Crippen LogP contribution in [0.1, 0.15) is 0 Å². The van der Waals surface area contributed by atoms with Crippen molar-refractivity contribution in [1.82, 2.24) is 0 Å². The van der Waals surface area contributed by atoms with Crippen LogP contribution in [0.5, 0.6) is 0 Å². The molecule has 0 aliphatic rings. The van der Waals surface area contributed by atoms with Gasteiger partial charge in [0.05, 0.1) is 4.90 Å². The lowest BCUT2D eigenvalue weighted by atomic mass is 10.4. The van der Waals surface area contributed by atoms with E-state index in [0.29, 0.717) is 0 Å². The van der Waals surface area contributed by atoms with E-state index in [-0.39, 0.29) is 4.90 Å². The average Bonchev–Trinajstić information content (AvgIpc) is 1.88. The molecule has 2 nitrogen and oxygen atoms in total. The topological polar surface area (TPSA) is 40.9 Å². The lowest BCUT2D eigenvalue weighted by Crippen LogP contribution is -1.86. The first-order valence-electron chi connectivity index (χ1n) is 2.64. The predicted octanol–water partition coefficient (Wildman–Crippen LogP) is 1.98. The summed E-state index contributed by atoms with van der Waals surface area (Å²) >= 11 is 0. The van der Waals surface area contributed by atoms with Gasteiger partial charge in [-0.05, 0) is 12.1 Å². The largest absolute Gasteiger partial charge is 0.228 e. The maximum Gasteiger partial charge on any atom is 0.228 e. The molecule has 0 saturated carbocycles. The maximum absolute atomic E-state index is 12.3. The normalized spacial score (nSPS) is 16.1. The number of rotatable bonds is 1. The van der Waals surface area contributed by atoms with Crippen LogP contribution in [0.15, 0.2) is 35.2 Å². The highest BCUT2D eigenvalue weighted by Crippen LogP contribution is 2.10. The zero-order chi connectivity index (χ0) is 7.61. The average molecular weight is 159 g/mol. The molecule has 54 valence electrons. The lowest BCUT2D eigenvalue weighted by molar-refractivity contribution is 0.636. The molecule has 0 bridgehead atoms. The van der Waals surface area contributed by atoms with E-state index >= 15 is 0 Å². The second kappa shape index (κ2) is 2.38. The Labute approximate surface area is 59.0 Å². The molecule has 1 aromatic carbocycles. The van der Waals surface area contributed by atoms with Gasteiger partial charge in [-0.3, -0.25) is 0 Å². The molecule has 0 aliphatic carbocycles. The molecule has 0 unspecified atom stereocenters. The van der Waals surface area contributed by atoms with E-state index in [1.54, 1.807) is 18.2 Å². The van der Waals surface area contributed by atoms with Crippen LogP contribution in [-0.4, -0.2) is 4.21 Å². The Balaban J connectivity index is 3.22. The second-order valence-corrected chi connectivity index (χ2v) is 3.24. The van der Waals surface area contributed by atoms with Crippen molar-refractivity contribution in [3.05, 3.63) is 30.3 Å². The Morgan fingerprint density at radius 3 is 2.10 bits per heavy atom. The van der Waals surface area contributed by atoms with Crippen molar-refractivity contribution >= 4 is 10.1 Å². The van der Waals surface area contributed by atoms with Crippen molar-refractivity contribution in [3.63, 3.8) is 0 Å². The molecule has 0 saturated heterocycles. The first-order chi connectivity index (χ1) is 4.61. The number of benzene rings is 1. The molecule has 1 N–H and O–H groups in total. The molecule has 10 heavy (non-hydrogen) atoms. The van der Waals surface area contributed by atoms with Gasteiger partial charge in [-0.2, -0.15) is 0 Å². The number of halogens is 1. The van der Waals surface area contributed by atoms with Crippen molar-refractivity contribution < 1.29 is 8.09 Å². The summed E-state index contributed by atoms with van der Waals surface area (Å²) in [5, 5.41) is 0. The Bertz CT molecular complexity index is 306. The molecular weight excluding hydrogens is 153 g/mol. The Morgan fingerprint density at radius 1 is 1.30 bits per heavy atom. The molecule has 1 aromatic rings. The minimum absolute atomic E-state index is 0.0741. The van der Waals surface area contributed by atoms with Gasteiger partial charge in [0.1, 0.15) is 0 Å². The molecule has 0 heterocycles. The van der Waals surface area contributed by atoms with Crippen molar-refractivity contribution in [1.29, 1.82) is 4.78 Å². The molecule has 0 amide bonds. The first-order valence-corrected chi connectivity index (χ1v) is 4.10. The third-order valence-electron chi connectivity index (χ3n) is 1.05.